The van der Waals surface area contributed by atoms with Gasteiger partial charge in [0.25, 0.3) is 5.92 Å². The van der Waals surface area contributed by atoms with E-state index in [1.54, 1.807) is 13.0 Å². The van der Waals surface area contributed by atoms with Gasteiger partial charge in [0.1, 0.15) is 11.2 Å². The highest BCUT2D eigenvalue weighted by Gasteiger charge is 2.85. The van der Waals surface area contributed by atoms with E-state index in [9.17, 15) is 23.1 Å². The Morgan fingerprint density at radius 2 is 1.90 bits per heavy atom. The first-order valence-electron chi connectivity index (χ1n) is 6.64. The lowest BCUT2D eigenvalue weighted by molar-refractivity contribution is -0.170. The highest BCUT2D eigenvalue weighted by Crippen LogP contribution is 2.77. The van der Waals surface area contributed by atoms with Crippen LogP contribution in [0.25, 0.3) is 0 Å². The van der Waals surface area contributed by atoms with Gasteiger partial charge in [-0.25, -0.2) is 4.39 Å². The van der Waals surface area contributed by atoms with Crippen molar-refractivity contribution >= 4 is 5.97 Å². The standard InChI is InChI=1S/C16H17F3O2/c1-4-7-12-14(2,3)15(12,13(20)21)16(18,19)10-8-5-6-9-11(10)17/h4-9,12H,1-3H3,(H,20,21). The Balaban J connectivity index is 2.65. The monoisotopic (exact) mass is 298 g/mol. The molecule has 0 radical (unpaired) electrons. The largest absolute Gasteiger partial charge is 0.481 e. The predicted octanol–water partition coefficient (Wildman–Crippen LogP) is 4.22. The van der Waals surface area contributed by atoms with Crippen LogP contribution in [0.5, 0.6) is 0 Å². The minimum absolute atomic E-state index is 0.859. The number of carboxylic acid groups (broad SMARTS) is 1. The van der Waals surface area contributed by atoms with E-state index in [0.29, 0.717) is 0 Å². The molecule has 0 saturated heterocycles. The van der Waals surface area contributed by atoms with Gasteiger partial charge in [0.15, 0.2) is 0 Å². The quantitative estimate of drug-likeness (QED) is 0.845. The van der Waals surface area contributed by atoms with Gasteiger partial charge in [-0.05, 0) is 18.4 Å². The molecule has 1 aromatic rings. The molecule has 1 aliphatic rings. The molecule has 0 heterocycles. The maximum absolute atomic E-state index is 14.9. The van der Waals surface area contributed by atoms with Crippen LogP contribution in [0.2, 0.25) is 0 Å². The van der Waals surface area contributed by atoms with E-state index in [-0.39, 0.29) is 0 Å². The van der Waals surface area contributed by atoms with E-state index < -0.39 is 40.0 Å². The summed E-state index contributed by atoms with van der Waals surface area (Å²) in [5.74, 6) is -7.37. The van der Waals surface area contributed by atoms with E-state index in [4.69, 9.17) is 0 Å². The molecule has 1 aromatic carbocycles. The number of carboxylic acids is 1. The normalized spacial score (nSPS) is 27.8. The maximum atomic E-state index is 14.9. The molecule has 2 atom stereocenters. The van der Waals surface area contributed by atoms with Crippen molar-refractivity contribution in [3.05, 3.63) is 47.8 Å². The van der Waals surface area contributed by atoms with E-state index in [1.807, 2.05) is 0 Å². The average Bonchev–Trinajstić information content (AvgIpc) is 2.88. The second-order valence-electron chi connectivity index (χ2n) is 5.89. The van der Waals surface area contributed by atoms with Gasteiger partial charge in [0, 0.05) is 5.92 Å². The van der Waals surface area contributed by atoms with Crippen LogP contribution in [0.3, 0.4) is 0 Å². The maximum Gasteiger partial charge on any atom is 0.317 e. The molecule has 1 N–H and O–H groups in total. The fourth-order valence-corrected chi connectivity index (χ4v) is 3.45. The third-order valence-electron chi connectivity index (χ3n) is 4.61. The van der Waals surface area contributed by atoms with Crippen molar-refractivity contribution < 1.29 is 23.1 Å². The summed E-state index contributed by atoms with van der Waals surface area (Å²) in [6.07, 6.45) is 3.01. The Bertz CT molecular complexity index is 607. The lowest BCUT2D eigenvalue weighted by Gasteiger charge is -2.27. The molecule has 2 rings (SSSR count). The molecule has 0 aliphatic heterocycles. The first-order valence-corrected chi connectivity index (χ1v) is 6.64. The minimum Gasteiger partial charge on any atom is -0.481 e. The zero-order chi connectivity index (χ0) is 16.1. The average molecular weight is 298 g/mol. The Hall–Kier alpha value is -1.78. The summed E-state index contributed by atoms with van der Waals surface area (Å²) < 4.78 is 43.6. The third-order valence-corrected chi connectivity index (χ3v) is 4.61. The Morgan fingerprint density at radius 3 is 2.38 bits per heavy atom. The lowest BCUT2D eigenvalue weighted by atomic mass is 9.84. The van der Waals surface area contributed by atoms with Crippen LogP contribution in [0.15, 0.2) is 36.4 Å². The third kappa shape index (κ3) is 1.76. The molecule has 0 aromatic heterocycles. The molecular formula is C16H17F3O2. The topological polar surface area (TPSA) is 37.3 Å². The van der Waals surface area contributed by atoms with Crippen molar-refractivity contribution in [1.29, 1.82) is 0 Å². The fourth-order valence-electron chi connectivity index (χ4n) is 3.45. The molecule has 2 nitrogen and oxygen atoms in total. The molecular weight excluding hydrogens is 281 g/mol. The minimum atomic E-state index is -3.81. The van der Waals surface area contributed by atoms with Gasteiger partial charge >= 0.3 is 5.97 Å². The summed E-state index contributed by atoms with van der Waals surface area (Å²) in [5, 5.41) is 9.49. The number of allylic oxidation sites excluding steroid dienone is 2. The van der Waals surface area contributed by atoms with Gasteiger partial charge in [-0.3, -0.25) is 4.79 Å². The number of hydrogen-bond acceptors (Lipinski definition) is 1. The van der Waals surface area contributed by atoms with Gasteiger partial charge in [-0.15, -0.1) is 0 Å². The molecule has 21 heavy (non-hydrogen) atoms. The first kappa shape index (κ1) is 15.6. The van der Waals surface area contributed by atoms with Crippen molar-refractivity contribution in [2.45, 2.75) is 26.7 Å². The molecule has 0 amide bonds. The van der Waals surface area contributed by atoms with Gasteiger partial charge < -0.3 is 5.11 Å². The number of hydrogen-bond donors (Lipinski definition) is 1. The fraction of sp³-hybridized carbons (Fsp3) is 0.438. The molecule has 0 spiro atoms. The summed E-state index contributed by atoms with van der Waals surface area (Å²) in [4.78, 5) is 11.7. The van der Waals surface area contributed by atoms with E-state index in [0.717, 1.165) is 12.1 Å². The molecule has 114 valence electrons. The molecule has 0 bridgehead atoms. The van der Waals surface area contributed by atoms with Crippen LogP contribution in [0.1, 0.15) is 26.3 Å². The Labute approximate surface area is 121 Å². The highest BCUT2D eigenvalue weighted by molar-refractivity contribution is 5.83. The van der Waals surface area contributed by atoms with Crippen molar-refractivity contribution in [3.63, 3.8) is 0 Å². The smallest absolute Gasteiger partial charge is 0.317 e. The molecule has 5 heteroatoms. The van der Waals surface area contributed by atoms with E-state index >= 15 is 0 Å². The molecule has 2 unspecified atom stereocenters. The summed E-state index contributed by atoms with van der Waals surface area (Å²) in [6, 6.07) is 4.44. The van der Waals surface area contributed by atoms with Crippen LogP contribution >= 0.6 is 0 Å². The lowest BCUT2D eigenvalue weighted by Crippen LogP contribution is -2.39. The van der Waals surface area contributed by atoms with E-state index in [2.05, 4.69) is 0 Å². The number of benzene rings is 1. The second-order valence-corrected chi connectivity index (χ2v) is 5.89. The Morgan fingerprint density at radius 1 is 1.33 bits per heavy atom. The van der Waals surface area contributed by atoms with Crippen LogP contribution in [0.4, 0.5) is 13.2 Å². The zero-order valence-electron chi connectivity index (χ0n) is 12.0. The highest BCUT2D eigenvalue weighted by atomic mass is 19.3. The summed E-state index contributed by atoms with van der Waals surface area (Å²) in [5.41, 5.74) is -4.38. The van der Waals surface area contributed by atoms with Gasteiger partial charge in [0.2, 0.25) is 0 Å². The Kier molecular flexibility index (Phi) is 3.43. The van der Waals surface area contributed by atoms with Gasteiger partial charge in [-0.2, -0.15) is 8.78 Å². The van der Waals surface area contributed by atoms with Crippen molar-refractivity contribution in [3.8, 4) is 0 Å². The van der Waals surface area contributed by atoms with Gasteiger partial charge in [-0.1, -0.05) is 44.2 Å². The summed E-state index contributed by atoms with van der Waals surface area (Å²) >= 11 is 0. The summed E-state index contributed by atoms with van der Waals surface area (Å²) in [6.45, 7) is 4.59. The van der Waals surface area contributed by atoms with Crippen molar-refractivity contribution in [1.82, 2.24) is 0 Å². The van der Waals surface area contributed by atoms with Crippen molar-refractivity contribution in [2.75, 3.05) is 0 Å². The van der Waals surface area contributed by atoms with Crippen LogP contribution in [0, 0.1) is 22.6 Å². The van der Waals surface area contributed by atoms with E-state index in [1.165, 1.54) is 32.1 Å². The van der Waals surface area contributed by atoms with Crippen molar-refractivity contribution in [2.24, 2.45) is 16.7 Å². The molecule has 1 aliphatic carbocycles. The SMILES string of the molecule is CC=CC1C(C)(C)C1(C(=O)O)C(F)(F)c1ccccc1F. The number of aliphatic carboxylic acids is 1. The first-order chi connectivity index (χ1) is 9.65. The zero-order valence-corrected chi connectivity index (χ0v) is 12.0. The number of carbonyl (C=O) groups is 1. The predicted molar refractivity (Wildman–Crippen MR) is 72.4 cm³/mol. The van der Waals surface area contributed by atoms with Gasteiger partial charge in [0.05, 0.1) is 5.56 Å². The number of alkyl halides is 2. The number of rotatable bonds is 4. The second kappa shape index (κ2) is 4.61. The van der Waals surface area contributed by atoms with Crippen LogP contribution in [-0.4, -0.2) is 11.1 Å². The summed E-state index contributed by atoms with van der Waals surface area (Å²) in [7, 11) is 0. The molecule has 1 fully saturated rings. The number of halogens is 3. The van der Waals surface area contributed by atoms with Crippen LogP contribution < -0.4 is 0 Å². The molecule has 1 saturated carbocycles. The van der Waals surface area contributed by atoms with Crippen LogP contribution in [-0.2, 0) is 10.7 Å².